The molecule has 0 aliphatic carbocycles. The van der Waals surface area contributed by atoms with Crippen LogP contribution in [-0.4, -0.2) is 31.9 Å². The summed E-state index contributed by atoms with van der Waals surface area (Å²) in [6.45, 7) is 9.38. The molecule has 0 aromatic carbocycles. The first-order valence-corrected chi connectivity index (χ1v) is 6.47. The van der Waals surface area contributed by atoms with Gasteiger partial charge in [-0.2, -0.15) is 0 Å². The molecule has 4 nitrogen and oxygen atoms in total. The summed E-state index contributed by atoms with van der Waals surface area (Å²) in [4.78, 5) is 12.1. The monoisotopic (exact) mass is 248 g/mol. The molecule has 16 heavy (non-hydrogen) atoms. The fourth-order valence-electron chi connectivity index (χ4n) is 1.47. The maximum absolute atomic E-state index is 12.1. The molecule has 0 aromatic heterocycles. The molecule has 0 amide bonds. The third-order valence-corrected chi connectivity index (χ3v) is 3.14. The molecule has 0 aliphatic heterocycles. The Morgan fingerprint density at radius 1 is 1.38 bits per heavy atom. The van der Waals surface area contributed by atoms with Crippen molar-refractivity contribution in [2.75, 3.05) is 7.05 Å². The Kier molecular flexibility index (Phi) is 5.79. The van der Waals surface area contributed by atoms with Gasteiger partial charge in [0, 0.05) is 16.7 Å². The second kappa shape index (κ2) is 5.89. The summed E-state index contributed by atoms with van der Waals surface area (Å²) < 4.78 is 23.0. The highest BCUT2D eigenvalue weighted by Gasteiger charge is 2.33. The Labute approximate surface area is 101 Å². The van der Waals surface area contributed by atoms with Crippen LogP contribution < -0.4 is 0 Å². The van der Waals surface area contributed by atoms with Gasteiger partial charge in [0.25, 0.3) is 0 Å². The molecule has 0 radical (unpaired) electrons. The van der Waals surface area contributed by atoms with Crippen molar-refractivity contribution < 1.29 is 13.6 Å². The van der Waals surface area contributed by atoms with Crippen LogP contribution >= 0.6 is 0 Å². The van der Waals surface area contributed by atoms with Crippen LogP contribution in [0.25, 0.3) is 0 Å². The van der Waals surface area contributed by atoms with E-state index in [1.807, 2.05) is 34.6 Å². The number of Topliss-reactive ketones (excluding diaryl/α,β-unsaturated/α-hetero) is 1. The molecule has 1 unspecified atom stereocenters. The lowest BCUT2D eigenvalue weighted by Crippen LogP contribution is -2.45. The molecule has 0 bridgehead atoms. The third kappa shape index (κ3) is 4.72. The van der Waals surface area contributed by atoms with E-state index >= 15 is 0 Å². The fourth-order valence-corrected chi connectivity index (χ4v) is 1.86. The van der Waals surface area contributed by atoms with Gasteiger partial charge < -0.3 is 4.55 Å². The number of carbonyl (C=O) groups excluding carboxylic acids is 1. The zero-order chi connectivity index (χ0) is 13.1. The third-order valence-electron chi connectivity index (χ3n) is 2.41. The van der Waals surface area contributed by atoms with E-state index in [1.165, 1.54) is 7.05 Å². The minimum absolute atomic E-state index is 0.0344. The first-order valence-electron chi connectivity index (χ1n) is 5.44. The number of rotatable bonds is 5. The molecule has 0 saturated carbocycles. The van der Waals surface area contributed by atoms with E-state index in [1.54, 1.807) is 0 Å². The summed E-state index contributed by atoms with van der Waals surface area (Å²) in [7, 11) is 1.44. The van der Waals surface area contributed by atoms with Gasteiger partial charge in [0.1, 0.15) is 0 Å². The van der Waals surface area contributed by atoms with E-state index in [0.29, 0.717) is 6.42 Å². The van der Waals surface area contributed by atoms with Gasteiger partial charge in [0.05, 0.1) is 6.04 Å². The van der Waals surface area contributed by atoms with Crippen LogP contribution in [0.5, 0.6) is 0 Å². The van der Waals surface area contributed by atoms with Crippen molar-refractivity contribution in [3.8, 4) is 0 Å². The summed E-state index contributed by atoms with van der Waals surface area (Å²) in [5.41, 5.74) is -0.521. The number of hydrogen-bond acceptors (Lipinski definition) is 3. The molecule has 0 saturated heterocycles. The van der Waals surface area contributed by atoms with Crippen molar-refractivity contribution in [2.24, 2.45) is 11.3 Å². The van der Waals surface area contributed by atoms with Gasteiger partial charge >= 0.3 is 0 Å². The zero-order valence-corrected chi connectivity index (χ0v) is 11.8. The SMILES string of the molecule is CC(C)C[C@H](C(=O)C(C)(C)C)N(C)S(=O)[O-]. The summed E-state index contributed by atoms with van der Waals surface area (Å²) in [5.74, 6) is 0.246. The molecular weight excluding hydrogens is 226 g/mol. The number of nitrogens with zero attached hydrogens (tertiary/aromatic N) is 1. The molecule has 0 N–H and O–H groups in total. The minimum atomic E-state index is -2.35. The summed E-state index contributed by atoms with van der Waals surface area (Å²) >= 11 is -2.35. The minimum Gasteiger partial charge on any atom is -0.760 e. The Hall–Kier alpha value is -0.260. The fraction of sp³-hybridized carbons (Fsp3) is 0.909. The van der Waals surface area contributed by atoms with E-state index < -0.39 is 22.7 Å². The first kappa shape index (κ1) is 15.7. The van der Waals surface area contributed by atoms with E-state index in [-0.39, 0.29) is 11.7 Å². The predicted molar refractivity (Wildman–Crippen MR) is 64.4 cm³/mol. The molecule has 0 heterocycles. The van der Waals surface area contributed by atoms with E-state index in [2.05, 4.69) is 0 Å². The average molecular weight is 248 g/mol. The molecule has 0 aromatic rings. The van der Waals surface area contributed by atoms with Crippen LogP contribution in [-0.2, 0) is 16.1 Å². The van der Waals surface area contributed by atoms with E-state index in [0.717, 1.165) is 4.31 Å². The summed E-state index contributed by atoms with van der Waals surface area (Å²) in [6.07, 6.45) is 0.556. The first-order chi connectivity index (χ1) is 7.07. The Bertz CT molecular complexity index is 271. The Morgan fingerprint density at radius 3 is 2.06 bits per heavy atom. The van der Waals surface area contributed by atoms with Crippen LogP contribution in [0.1, 0.15) is 41.0 Å². The highest BCUT2D eigenvalue weighted by molar-refractivity contribution is 7.76. The van der Waals surface area contributed by atoms with Crippen LogP contribution in [0.3, 0.4) is 0 Å². The van der Waals surface area contributed by atoms with Gasteiger partial charge in [-0.25, -0.2) is 4.31 Å². The number of hydrogen-bond donors (Lipinski definition) is 0. The number of carbonyl (C=O) groups is 1. The van der Waals surface area contributed by atoms with Gasteiger partial charge in [0.2, 0.25) is 0 Å². The molecule has 0 fully saturated rings. The summed E-state index contributed by atoms with van der Waals surface area (Å²) in [5, 5.41) is 0. The van der Waals surface area contributed by atoms with Gasteiger partial charge in [-0.3, -0.25) is 9.00 Å². The van der Waals surface area contributed by atoms with Crippen LogP contribution in [0.2, 0.25) is 0 Å². The smallest absolute Gasteiger partial charge is 0.156 e. The average Bonchev–Trinajstić information content (AvgIpc) is 2.09. The second-order valence-electron chi connectivity index (χ2n) is 5.52. The lowest BCUT2D eigenvalue weighted by atomic mass is 9.84. The van der Waals surface area contributed by atoms with Crippen LogP contribution in [0, 0.1) is 11.3 Å². The number of likely N-dealkylation sites (N-methyl/N-ethyl adjacent to an activating group) is 1. The molecule has 0 aliphatic rings. The van der Waals surface area contributed by atoms with Gasteiger partial charge in [-0.15, -0.1) is 0 Å². The largest absolute Gasteiger partial charge is 0.760 e. The van der Waals surface area contributed by atoms with E-state index in [9.17, 15) is 13.6 Å². The molecule has 96 valence electrons. The van der Waals surface area contributed by atoms with Gasteiger partial charge in [-0.05, 0) is 19.4 Å². The summed E-state index contributed by atoms with van der Waals surface area (Å²) in [6, 6.07) is -0.557. The second-order valence-corrected chi connectivity index (χ2v) is 6.53. The zero-order valence-electron chi connectivity index (χ0n) is 10.9. The lowest BCUT2D eigenvalue weighted by Gasteiger charge is -2.33. The maximum atomic E-state index is 12.1. The highest BCUT2D eigenvalue weighted by Crippen LogP contribution is 2.23. The van der Waals surface area contributed by atoms with Crippen molar-refractivity contribution >= 4 is 17.0 Å². The van der Waals surface area contributed by atoms with Crippen molar-refractivity contribution in [2.45, 2.75) is 47.1 Å². The highest BCUT2D eigenvalue weighted by atomic mass is 32.2. The predicted octanol–water partition coefficient (Wildman–Crippen LogP) is 1.74. The van der Waals surface area contributed by atoms with Crippen molar-refractivity contribution in [1.82, 2.24) is 4.31 Å². The molecule has 0 spiro atoms. The standard InChI is InChI=1S/C11H23NO3S/c1-8(2)7-9(12(6)16(14)15)10(13)11(3,4)5/h8-9H,7H2,1-6H3,(H,14,15)/p-1/t9-/m1/s1. The van der Waals surface area contributed by atoms with Crippen LogP contribution in [0.4, 0.5) is 0 Å². The maximum Gasteiger partial charge on any atom is 0.156 e. The van der Waals surface area contributed by atoms with Crippen molar-refractivity contribution in [3.05, 3.63) is 0 Å². The molecule has 0 rings (SSSR count). The van der Waals surface area contributed by atoms with Crippen molar-refractivity contribution in [1.29, 1.82) is 0 Å². The number of ketones is 1. The van der Waals surface area contributed by atoms with E-state index in [4.69, 9.17) is 0 Å². The van der Waals surface area contributed by atoms with Gasteiger partial charge in [0.15, 0.2) is 5.78 Å². The lowest BCUT2D eigenvalue weighted by molar-refractivity contribution is -0.130. The topological polar surface area (TPSA) is 60.4 Å². The van der Waals surface area contributed by atoms with Gasteiger partial charge in [-0.1, -0.05) is 34.6 Å². The molecule has 5 heteroatoms. The van der Waals surface area contributed by atoms with Crippen molar-refractivity contribution in [3.63, 3.8) is 0 Å². The molecular formula is C11H22NO3S-. The Balaban J connectivity index is 4.95. The normalized spacial score (nSPS) is 16.6. The van der Waals surface area contributed by atoms with Crippen LogP contribution in [0.15, 0.2) is 0 Å². The quantitative estimate of drug-likeness (QED) is 0.696. The molecule has 2 atom stereocenters. The Morgan fingerprint density at radius 2 is 1.81 bits per heavy atom.